The summed E-state index contributed by atoms with van der Waals surface area (Å²) >= 11 is 0. The normalized spacial score (nSPS) is 11.6. The predicted octanol–water partition coefficient (Wildman–Crippen LogP) is 0.193. The highest BCUT2D eigenvalue weighted by atomic mass is 16.5. The summed E-state index contributed by atoms with van der Waals surface area (Å²) in [6, 6.07) is 8.58. The minimum Gasteiger partial charge on any atom is -0.468 e. The second-order valence-electron chi connectivity index (χ2n) is 3.60. The largest absolute Gasteiger partial charge is 0.468 e. The van der Waals surface area contributed by atoms with Crippen molar-refractivity contribution in [2.24, 2.45) is 5.73 Å². The predicted molar refractivity (Wildman–Crippen MR) is 62.9 cm³/mol. The van der Waals surface area contributed by atoms with Gasteiger partial charge < -0.3 is 15.8 Å². The Kier molecular flexibility index (Phi) is 5.16. The molecule has 0 unspecified atom stereocenters. The molecule has 0 radical (unpaired) electrons. The molecule has 0 heterocycles. The summed E-state index contributed by atoms with van der Waals surface area (Å²) in [5.74, 6) is -0.855. The summed E-state index contributed by atoms with van der Waals surface area (Å²) in [6.07, 6.45) is -0.0699. The van der Waals surface area contributed by atoms with Gasteiger partial charge >= 0.3 is 5.97 Å². The molecule has 0 aromatic heterocycles. The summed E-state index contributed by atoms with van der Waals surface area (Å²) < 4.78 is 4.43. The highest BCUT2D eigenvalue weighted by Gasteiger charge is 2.17. The maximum atomic E-state index is 11.4. The number of rotatable bonds is 5. The third kappa shape index (κ3) is 4.65. The van der Waals surface area contributed by atoms with E-state index in [1.54, 1.807) is 0 Å². The molecule has 17 heavy (non-hydrogen) atoms. The monoisotopic (exact) mass is 236 g/mol. The molecule has 1 rings (SSSR count). The lowest BCUT2D eigenvalue weighted by molar-refractivity contribution is -0.143. The first kappa shape index (κ1) is 13.2. The number of carbonyl (C=O) groups is 2. The van der Waals surface area contributed by atoms with Gasteiger partial charge in [0.15, 0.2) is 0 Å². The lowest BCUT2D eigenvalue weighted by Crippen LogP contribution is -2.37. The van der Waals surface area contributed by atoms with Crippen LogP contribution in [0.1, 0.15) is 12.0 Å². The van der Waals surface area contributed by atoms with E-state index in [9.17, 15) is 9.59 Å². The van der Waals surface area contributed by atoms with Gasteiger partial charge in [-0.3, -0.25) is 9.59 Å². The van der Waals surface area contributed by atoms with Crippen LogP contribution in [-0.2, 0) is 20.9 Å². The van der Waals surface area contributed by atoms with Crippen molar-refractivity contribution >= 4 is 11.9 Å². The van der Waals surface area contributed by atoms with Crippen LogP contribution in [0.25, 0.3) is 0 Å². The highest BCUT2D eigenvalue weighted by Crippen LogP contribution is 1.98. The molecule has 0 fully saturated rings. The Morgan fingerprint density at radius 3 is 2.59 bits per heavy atom. The van der Waals surface area contributed by atoms with Crippen molar-refractivity contribution < 1.29 is 14.3 Å². The van der Waals surface area contributed by atoms with Gasteiger partial charge in [0.25, 0.3) is 0 Å². The first-order valence-corrected chi connectivity index (χ1v) is 5.27. The molecule has 5 heteroatoms. The van der Waals surface area contributed by atoms with Crippen LogP contribution in [-0.4, -0.2) is 25.0 Å². The average Bonchev–Trinajstić information content (AvgIpc) is 2.36. The van der Waals surface area contributed by atoms with Crippen LogP contribution in [0, 0.1) is 0 Å². The number of carbonyl (C=O) groups excluding carboxylic acids is 2. The second-order valence-corrected chi connectivity index (χ2v) is 3.60. The van der Waals surface area contributed by atoms with Gasteiger partial charge in [0, 0.05) is 6.54 Å². The summed E-state index contributed by atoms with van der Waals surface area (Å²) in [7, 11) is 1.24. The van der Waals surface area contributed by atoms with E-state index in [-0.39, 0.29) is 12.3 Å². The molecule has 1 amide bonds. The number of ether oxygens (including phenoxy) is 1. The standard InChI is InChI=1S/C12H16N2O3/c1-17-12(16)10(13)7-11(15)14-8-9-5-3-2-4-6-9/h2-6,10H,7-8,13H2,1H3,(H,14,15)/t10-/m1/s1. The highest BCUT2D eigenvalue weighted by molar-refractivity contribution is 5.84. The van der Waals surface area contributed by atoms with E-state index in [0.717, 1.165) is 5.56 Å². The first-order chi connectivity index (χ1) is 8.13. The zero-order valence-electron chi connectivity index (χ0n) is 9.68. The maximum absolute atomic E-state index is 11.4. The molecule has 0 aliphatic carbocycles. The molecule has 0 spiro atoms. The molecular formula is C12H16N2O3. The molecule has 0 aliphatic rings. The molecule has 0 saturated carbocycles. The minimum absolute atomic E-state index is 0.0699. The zero-order valence-corrected chi connectivity index (χ0v) is 9.68. The van der Waals surface area contributed by atoms with Crippen molar-refractivity contribution in [2.45, 2.75) is 19.0 Å². The van der Waals surface area contributed by atoms with Crippen LogP contribution < -0.4 is 11.1 Å². The second kappa shape index (κ2) is 6.65. The first-order valence-electron chi connectivity index (χ1n) is 5.27. The Hall–Kier alpha value is -1.88. The summed E-state index contributed by atoms with van der Waals surface area (Å²) in [6.45, 7) is 0.424. The third-order valence-corrected chi connectivity index (χ3v) is 2.24. The topological polar surface area (TPSA) is 81.4 Å². The van der Waals surface area contributed by atoms with E-state index in [4.69, 9.17) is 5.73 Å². The van der Waals surface area contributed by atoms with Crippen LogP contribution in [0.3, 0.4) is 0 Å². The minimum atomic E-state index is -0.907. The number of benzene rings is 1. The van der Waals surface area contributed by atoms with Crippen molar-refractivity contribution in [1.82, 2.24) is 5.32 Å². The van der Waals surface area contributed by atoms with Crippen molar-refractivity contribution in [3.8, 4) is 0 Å². The summed E-state index contributed by atoms with van der Waals surface area (Å²) in [5.41, 5.74) is 6.46. The van der Waals surface area contributed by atoms with E-state index in [1.165, 1.54) is 7.11 Å². The lowest BCUT2D eigenvalue weighted by atomic mass is 10.2. The van der Waals surface area contributed by atoms with E-state index < -0.39 is 12.0 Å². The molecule has 1 aromatic carbocycles. The lowest BCUT2D eigenvalue weighted by Gasteiger charge is -2.09. The smallest absolute Gasteiger partial charge is 0.323 e. The molecular weight excluding hydrogens is 220 g/mol. The molecule has 92 valence electrons. The summed E-state index contributed by atoms with van der Waals surface area (Å²) in [4.78, 5) is 22.4. The van der Waals surface area contributed by atoms with Crippen molar-refractivity contribution in [3.63, 3.8) is 0 Å². The van der Waals surface area contributed by atoms with Gasteiger partial charge in [-0.05, 0) is 5.56 Å². The number of esters is 1. The number of hydrogen-bond donors (Lipinski definition) is 2. The molecule has 5 nitrogen and oxygen atoms in total. The van der Waals surface area contributed by atoms with Crippen molar-refractivity contribution in [3.05, 3.63) is 35.9 Å². The molecule has 0 saturated heterocycles. The van der Waals surface area contributed by atoms with E-state index in [2.05, 4.69) is 10.1 Å². The quantitative estimate of drug-likeness (QED) is 0.715. The van der Waals surface area contributed by atoms with Gasteiger partial charge in [0.2, 0.25) is 5.91 Å². The Labute approximate surface area is 99.9 Å². The van der Waals surface area contributed by atoms with Crippen LogP contribution in [0.5, 0.6) is 0 Å². The number of amides is 1. The Morgan fingerprint density at radius 2 is 2.00 bits per heavy atom. The molecule has 3 N–H and O–H groups in total. The third-order valence-electron chi connectivity index (χ3n) is 2.24. The van der Waals surface area contributed by atoms with E-state index in [1.807, 2.05) is 30.3 Å². The number of nitrogens with two attached hydrogens (primary N) is 1. The SMILES string of the molecule is COC(=O)[C@H](N)CC(=O)NCc1ccccc1. The number of hydrogen-bond acceptors (Lipinski definition) is 4. The fourth-order valence-electron chi connectivity index (χ4n) is 1.30. The Bertz CT molecular complexity index is 379. The fourth-order valence-corrected chi connectivity index (χ4v) is 1.30. The van der Waals surface area contributed by atoms with E-state index >= 15 is 0 Å². The van der Waals surface area contributed by atoms with Gasteiger partial charge in [-0.15, -0.1) is 0 Å². The number of methoxy groups -OCH3 is 1. The Balaban J connectivity index is 2.33. The molecule has 1 atom stereocenters. The van der Waals surface area contributed by atoms with Gasteiger partial charge in [-0.25, -0.2) is 0 Å². The van der Waals surface area contributed by atoms with Crippen LogP contribution in [0.2, 0.25) is 0 Å². The van der Waals surface area contributed by atoms with Crippen LogP contribution in [0.15, 0.2) is 30.3 Å². The number of nitrogens with one attached hydrogen (secondary N) is 1. The molecule has 0 aliphatic heterocycles. The van der Waals surface area contributed by atoms with Gasteiger partial charge in [-0.2, -0.15) is 0 Å². The van der Waals surface area contributed by atoms with Crippen LogP contribution >= 0.6 is 0 Å². The molecule has 0 bridgehead atoms. The maximum Gasteiger partial charge on any atom is 0.323 e. The van der Waals surface area contributed by atoms with Gasteiger partial charge in [0.05, 0.1) is 13.5 Å². The van der Waals surface area contributed by atoms with Crippen molar-refractivity contribution in [1.29, 1.82) is 0 Å². The van der Waals surface area contributed by atoms with Crippen LogP contribution in [0.4, 0.5) is 0 Å². The average molecular weight is 236 g/mol. The summed E-state index contributed by atoms with van der Waals surface area (Å²) in [5, 5.41) is 2.68. The van der Waals surface area contributed by atoms with Crippen molar-refractivity contribution in [2.75, 3.05) is 7.11 Å². The van der Waals surface area contributed by atoms with Gasteiger partial charge in [-0.1, -0.05) is 30.3 Å². The molecule has 1 aromatic rings. The fraction of sp³-hybridized carbons (Fsp3) is 0.333. The van der Waals surface area contributed by atoms with Gasteiger partial charge in [0.1, 0.15) is 6.04 Å². The van der Waals surface area contributed by atoms with E-state index in [0.29, 0.717) is 6.54 Å². The zero-order chi connectivity index (χ0) is 12.7. The Morgan fingerprint density at radius 1 is 1.35 bits per heavy atom.